The molecule has 1 N–H and O–H groups in total. The van der Waals surface area contributed by atoms with E-state index in [9.17, 15) is 10.1 Å². The molecule has 0 aliphatic carbocycles. The van der Waals surface area contributed by atoms with Crippen LogP contribution in [0.15, 0.2) is 58.6 Å². The van der Waals surface area contributed by atoms with Gasteiger partial charge in [0, 0.05) is 6.54 Å². The Hall–Kier alpha value is -2.58. The van der Waals surface area contributed by atoms with Gasteiger partial charge in [-0.3, -0.25) is 4.79 Å². The van der Waals surface area contributed by atoms with Gasteiger partial charge in [0.15, 0.2) is 0 Å². The summed E-state index contributed by atoms with van der Waals surface area (Å²) in [5, 5.41) is 12.0. The molecule has 0 aliphatic heterocycles. The maximum Gasteiger partial charge on any atom is 0.262 e. The van der Waals surface area contributed by atoms with Crippen molar-refractivity contribution in [3.8, 4) is 11.8 Å². The maximum atomic E-state index is 12.1. The highest BCUT2D eigenvalue weighted by Crippen LogP contribution is 2.26. The zero-order valence-electron chi connectivity index (χ0n) is 12.5. The number of nitrogens with one attached hydrogen (secondary N) is 1. The van der Waals surface area contributed by atoms with Crippen molar-refractivity contribution in [3.05, 3.63) is 69.7 Å². The van der Waals surface area contributed by atoms with Gasteiger partial charge in [-0.1, -0.05) is 36.4 Å². The Morgan fingerprint density at radius 1 is 1.30 bits per heavy atom. The SMILES string of the molecule is COc1ccc(/C=C(\C#N)C(=O)NCc2ccccc2)cc1Br. The smallest absolute Gasteiger partial charge is 0.262 e. The second-order valence-electron chi connectivity index (χ2n) is 4.73. The van der Waals surface area contributed by atoms with Crippen LogP contribution < -0.4 is 10.1 Å². The van der Waals surface area contributed by atoms with Crippen LogP contribution in [0.3, 0.4) is 0 Å². The molecule has 0 fully saturated rings. The van der Waals surface area contributed by atoms with Crippen molar-refractivity contribution >= 4 is 27.9 Å². The predicted molar refractivity (Wildman–Crippen MR) is 92.6 cm³/mol. The van der Waals surface area contributed by atoms with Gasteiger partial charge in [0.1, 0.15) is 17.4 Å². The minimum absolute atomic E-state index is 0.0537. The van der Waals surface area contributed by atoms with E-state index in [4.69, 9.17) is 4.74 Å². The van der Waals surface area contributed by atoms with Gasteiger partial charge in [-0.15, -0.1) is 0 Å². The third-order valence-corrected chi connectivity index (χ3v) is 3.77. The number of methoxy groups -OCH3 is 1. The summed E-state index contributed by atoms with van der Waals surface area (Å²) in [5.74, 6) is 0.289. The molecule has 116 valence electrons. The highest BCUT2D eigenvalue weighted by atomic mass is 79.9. The molecular formula is C18H15BrN2O2. The lowest BCUT2D eigenvalue weighted by molar-refractivity contribution is -0.117. The lowest BCUT2D eigenvalue weighted by atomic mass is 10.1. The third-order valence-electron chi connectivity index (χ3n) is 3.15. The summed E-state index contributed by atoms with van der Waals surface area (Å²) < 4.78 is 5.91. The van der Waals surface area contributed by atoms with Crippen molar-refractivity contribution in [1.29, 1.82) is 5.26 Å². The van der Waals surface area contributed by atoms with E-state index in [2.05, 4.69) is 21.2 Å². The molecule has 0 heterocycles. The van der Waals surface area contributed by atoms with E-state index < -0.39 is 5.91 Å². The van der Waals surface area contributed by atoms with Crippen LogP contribution in [0.4, 0.5) is 0 Å². The van der Waals surface area contributed by atoms with Gasteiger partial charge in [-0.25, -0.2) is 0 Å². The van der Waals surface area contributed by atoms with Gasteiger partial charge in [0.2, 0.25) is 0 Å². The third kappa shape index (κ3) is 4.70. The van der Waals surface area contributed by atoms with Crippen molar-refractivity contribution in [2.75, 3.05) is 7.11 Å². The van der Waals surface area contributed by atoms with Gasteiger partial charge in [0.05, 0.1) is 11.6 Å². The fourth-order valence-corrected chi connectivity index (χ4v) is 2.52. The summed E-state index contributed by atoms with van der Waals surface area (Å²) in [6, 6.07) is 16.8. The summed E-state index contributed by atoms with van der Waals surface area (Å²) >= 11 is 3.38. The van der Waals surface area contributed by atoms with Crippen molar-refractivity contribution in [1.82, 2.24) is 5.32 Å². The lowest BCUT2D eigenvalue weighted by Crippen LogP contribution is -2.23. The maximum absolute atomic E-state index is 12.1. The molecular weight excluding hydrogens is 356 g/mol. The molecule has 2 aromatic rings. The molecule has 0 atom stereocenters. The Morgan fingerprint density at radius 2 is 2.04 bits per heavy atom. The van der Waals surface area contributed by atoms with E-state index in [0.29, 0.717) is 12.3 Å². The molecule has 23 heavy (non-hydrogen) atoms. The van der Waals surface area contributed by atoms with Crippen LogP contribution in [0.25, 0.3) is 6.08 Å². The van der Waals surface area contributed by atoms with Crippen LogP contribution in [0.5, 0.6) is 5.75 Å². The zero-order chi connectivity index (χ0) is 16.7. The number of ether oxygens (including phenoxy) is 1. The number of amides is 1. The summed E-state index contributed by atoms with van der Waals surface area (Å²) in [4.78, 5) is 12.1. The van der Waals surface area contributed by atoms with Crippen molar-refractivity contribution in [2.24, 2.45) is 0 Å². The number of nitrogens with zero attached hydrogens (tertiary/aromatic N) is 1. The quantitative estimate of drug-likeness (QED) is 0.644. The summed E-state index contributed by atoms with van der Waals surface area (Å²) in [6.45, 7) is 0.380. The Balaban J connectivity index is 2.10. The normalized spacial score (nSPS) is 10.7. The monoisotopic (exact) mass is 370 g/mol. The number of carbonyl (C=O) groups excluding carboxylic acids is 1. The molecule has 0 aliphatic rings. The van der Waals surface area contributed by atoms with Gasteiger partial charge in [0.25, 0.3) is 5.91 Å². The number of halogens is 1. The van der Waals surface area contributed by atoms with E-state index >= 15 is 0 Å². The van der Waals surface area contributed by atoms with Crippen LogP contribution in [0.1, 0.15) is 11.1 Å². The molecule has 0 bridgehead atoms. The van der Waals surface area contributed by atoms with Gasteiger partial charge in [-0.05, 0) is 45.3 Å². The molecule has 4 nitrogen and oxygen atoms in total. The van der Waals surface area contributed by atoms with Crippen LogP contribution in [0.2, 0.25) is 0 Å². The van der Waals surface area contributed by atoms with E-state index in [0.717, 1.165) is 15.6 Å². The molecule has 2 aromatic carbocycles. The predicted octanol–water partition coefficient (Wildman–Crippen LogP) is 3.68. The molecule has 0 aromatic heterocycles. The van der Waals surface area contributed by atoms with E-state index in [1.54, 1.807) is 31.4 Å². The average Bonchev–Trinajstić information content (AvgIpc) is 2.58. The van der Waals surface area contributed by atoms with E-state index in [1.165, 1.54) is 0 Å². The molecule has 0 saturated heterocycles. The topological polar surface area (TPSA) is 62.1 Å². The first-order valence-corrected chi connectivity index (χ1v) is 7.71. The number of benzene rings is 2. The van der Waals surface area contributed by atoms with Gasteiger partial charge >= 0.3 is 0 Å². The van der Waals surface area contributed by atoms with Crippen LogP contribution in [-0.2, 0) is 11.3 Å². The average molecular weight is 371 g/mol. The van der Waals surface area contributed by atoms with E-state index in [-0.39, 0.29) is 5.57 Å². The first-order valence-electron chi connectivity index (χ1n) is 6.91. The van der Waals surface area contributed by atoms with Gasteiger partial charge < -0.3 is 10.1 Å². The largest absolute Gasteiger partial charge is 0.496 e. The Bertz CT molecular complexity index is 764. The fourth-order valence-electron chi connectivity index (χ4n) is 1.96. The first kappa shape index (κ1) is 16.8. The molecule has 2 rings (SSSR count). The van der Waals surface area contributed by atoms with Crippen molar-refractivity contribution < 1.29 is 9.53 Å². The Labute approximate surface area is 143 Å². The van der Waals surface area contributed by atoms with E-state index in [1.807, 2.05) is 36.4 Å². The van der Waals surface area contributed by atoms with Crippen molar-refractivity contribution in [2.45, 2.75) is 6.54 Å². The minimum Gasteiger partial charge on any atom is -0.496 e. The number of nitriles is 1. The number of carbonyl (C=O) groups is 1. The number of hydrogen-bond acceptors (Lipinski definition) is 3. The lowest BCUT2D eigenvalue weighted by Gasteiger charge is -2.06. The summed E-state index contributed by atoms with van der Waals surface area (Å²) in [6.07, 6.45) is 1.55. The highest BCUT2D eigenvalue weighted by Gasteiger charge is 2.09. The minimum atomic E-state index is -0.400. The Kier molecular flexibility index (Phi) is 5.95. The molecule has 0 spiro atoms. The highest BCUT2D eigenvalue weighted by molar-refractivity contribution is 9.10. The number of hydrogen-bond donors (Lipinski definition) is 1. The van der Waals surface area contributed by atoms with Crippen LogP contribution in [0, 0.1) is 11.3 Å². The first-order chi connectivity index (χ1) is 11.1. The summed E-state index contributed by atoms with van der Waals surface area (Å²) in [5.41, 5.74) is 1.77. The van der Waals surface area contributed by atoms with Gasteiger partial charge in [-0.2, -0.15) is 5.26 Å². The standard InChI is InChI=1S/C18H15BrN2O2/c1-23-17-8-7-14(10-16(17)19)9-15(11-20)18(22)21-12-13-5-3-2-4-6-13/h2-10H,12H2,1H3,(H,21,22)/b15-9+. The molecule has 0 unspecified atom stereocenters. The number of rotatable bonds is 5. The summed E-state index contributed by atoms with van der Waals surface area (Å²) in [7, 11) is 1.58. The molecule has 5 heteroatoms. The second kappa shape index (κ2) is 8.16. The fraction of sp³-hybridized carbons (Fsp3) is 0.111. The van der Waals surface area contributed by atoms with Crippen LogP contribution in [-0.4, -0.2) is 13.0 Å². The zero-order valence-corrected chi connectivity index (χ0v) is 14.1. The molecule has 0 radical (unpaired) electrons. The van der Waals surface area contributed by atoms with Crippen LogP contribution >= 0.6 is 15.9 Å². The molecule has 0 saturated carbocycles. The second-order valence-corrected chi connectivity index (χ2v) is 5.59. The Morgan fingerprint density at radius 3 is 2.65 bits per heavy atom. The van der Waals surface area contributed by atoms with Crippen molar-refractivity contribution in [3.63, 3.8) is 0 Å². The molecule has 1 amide bonds.